The molecule has 0 aliphatic heterocycles. The second kappa shape index (κ2) is 5.10. The molecule has 2 nitrogen and oxygen atoms in total. The molecular formula is C12H8ClF2NO. The van der Waals surface area contributed by atoms with Crippen LogP contribution in [-0.2, 0) is 6.61 Å². The molecule has 0 fully saturated rings. The van der Waals surface area contributed by atoms with E-state index in [0.717, 1.165) is 18.2 Å². The molecule has 0 unspecified atom stereocenters. The molecule has 0 atom stereocenters. The van der Waals surface area contributed by atoms with Gasteiger partial charge in [0.15, 0.2) is 10.9 Å². The van der Waals surface area contributed by atoms with Gasteiger partial charge in [0.05, 0.1) is 0 Å². The number of nitrogens with zero attached hydrogens (tertiary/aromatic N) is 1. The number of halogens is 3. The highest BCUT2D eigenvalue weighted by atomic mass is 35.5. The fraction of sp³-hybridized carbons (Fsp3) is 0.0833. The van der Waals surface area contributed by atoms with Gasteiger partial charge in [0.2, 0.25) is 0 Å². The van der Waals surface area contributed by atoms with Crippen molar-refractivity contribution in [3.63, 3.8) is 0 Å². The Kier molecular flexibility index (Phi) is 3.54. The Morgan fingerprint density at radius 3 is 2.82 bits per heavy atom. The van der Waals surface area contributed by atoms with Crippen molar-refractivity contribution in [3.8, 4) is 5.75 Å². The molecule has 0 radical (unpaired) electrons. The van der Waals surface area contributed by atoms with Gasteiger partial charge in [-0.3, -0.25) is 0 Å². The van der Waals surface area contributed by atoms with E-state index in [2.05, 4.69) is 4.98 Å². The minimum atomic E-state index is -0.522. The van der Waals surface area contributed by atoms with E-state index in [4.69, 9.17) is 16.3 Å². The zero-order valence-corrected chi connectivity index (χ0v) is 9.42. The smallest absolute Gasteiger partial charge is 0.171 e. The molecule has 0 bridgehead atoms. The van der Waals surface area contributed by atoms with Crippen LogP contribution in [0.4, 0.5) is 8.78 Å². The molecule has 1 aromatic heterocycles. The summed E-state index contributed by atoms with van der Waals surface area (Å²) >= 11 is 5.76. The SMILES string of the molecule is Fc1ccc(F)c(COc2cccnc2Cl)c1. The van der Waals surface area contributed by atoms with E-state index in [1.54, 1.807) is 12.1 Å². The number of pyridine rings is 1. The van der Waals surface area contributed by atoms with Crippen molar-refractivity contribution in [2.24, 2.45) is 0 Å². The molecule has 2 aromatic rings. The first-order chi connectivity index (χ1) is 8.16. The van der Waals surface area contributed by atoms with Crippen LogP contribution >= 0.6 is 11.6 Å². The fourth-order valence-corrected chi connectivity index (χ4v) is 1.46. The van der Waals surface area contributed by atoms with Gasteiger partial charge in [0, 0.05) is 11.8 Å². The molecule has 5 heteroatoms. The quantitative estimate of drug-likeness (QED) is 0.782. The van der Waals surface area contributed by atoms with E-state index in [9.17, 15) is 8.78 Å². The minimum absolute atomic E-state index is 0.102. The van der Waals surface area contributed by atoms with E-state index >= 15 is 0 Å². The molecule has 1 heterocycles. The Hall–Kier alpha value is -1.68. The normalized spacial score (nSPS) is 10.3. The summed E-state index contributed by atoms with van der Waals surface area (Å²) in [5.74, 6) is -0.702. The van der Waals surface area contributed by atoms with Gasteiger partial charge < -0.3 is 4.74 Å². The molecule has 88 valence electrons. The zero-order valence-electron chi connectivity index (χ0n) is 8.66. The van der Waals surface area contributed by atoms with Gasteiger partial charge in [0.25, 0.3) is 0 Å². The number of benzene rings is 1. The third-order valence-corrected chi connectivity index (χ3v) is 2.40. The summed E-state index contributed by atoms with van der Waals surface area (Å²) in [5.41, 5.74) is 0.130. The van der Waals surface area contributed by atoms with Crippen LogP contribution in [0.3, 0.4) is 0 Å². The van der Waals surface area contributed by atoms with Gasteiger partial charge in [0.1, 0.15) is 18.2 Å². The first-order valence-corrected chi connectivity index (χ1v) is 5.22. The summed E-state index contributed by atoms with van der Waals surface area (Å²) in [6.07, 6.45) is 1.51. The lowest BCUT2D eigenvalue weighted by atomic mass is 10.2. The molecule has 0 amide bonds. The van der Waals surface area contributed by atoms with Crippen LogP contribution in [0.1, 0.15) is 5.56 Å². The van der Waals surface area contributed by atoms with Gasteiger partial charge >= 0.3 is 0 Å². The highest BCUT2D eigenvalue weighted by Gasteiger charge is 2.06. The van der Waals surface area contributed by atoms with Gasteiger partial charge in [-0.05, 0) is 30.3 Å². The monoisotopic (exact) mass is 255 g/mol. The molecule has 0 spiro atoms. The van der Waals surface area contributed by atoms with E-state index < -0.39 is 11.6 Å². The average molecular weight is 256 g/mol. The largest absolute Gasteiger partial charge is 0.486 e. The van der Waals surface area contributed by atoms with Crippen molar-refractivity contribution >= 4 is 11.6 Å². The summed E-state index contributed by atoms with van der Waals surface area (Å²) in [4.78, 5) is 3.80. The Bertz CT molecular complexity index is 534. The van der Waals surface area contributed by atoms with E-state index in [1.807, 2.05) is 0 Å². The second-order valence-electron chi connectivity index (χ2n) is 3.32. The van der Waals surface area contributed by atoms with Crippen molar-refractivity contribution in [3.05, 3.63) is 58.9 Å². The topological polar surface area (TPSA) is 22.1 Å². The highest BCUT2D eigenvalue weighted by Crippen LogP contribution is 2.22. The van der Waals surface area contributed by atoms with Crippen LogP contribution in [0.5, 0.6) is 5.75 Å². The van der Waals surface area contributed by atoms with Crippen molar-refractivity contribution in [1.82, 2.24) is 4.98 Å². The maximum absolute atomic E-state index is 13.3. The average Bonchev–Trinajstić information content (AvgIpc) is 2.32. The van der Waals surface area contributed by atoms with Crippen LogP contribution < -0.4 is 4.74 Å². The summed E-state index contributed by atoms with van der Waals surface area (Å²) in [7, 11) is 0. The fourth-order valence-electron chi connectivity index (χ4n) is 1.29. The lowest BCUT2D eigenvalue weighted by Crippen LogP contribution is -2.00. The highest BCUT2D eigenvalue weighted by molar-refractivity contribution is 6.30. The van der Waals surface area contributed by atoms with Gasteiger partial charge in [-0.15, -0.1) is 0 Å². The standard InChI is InChI=1S/C12H8ClF2NO/c13-12-11(2-1-5-16-12)17-7-8-6-9(14)3-4-10(8)15/h1-6H,7H2. The Morgan fingerprint density at radius 2 is 2.06 bits per heavy atom. The molecular weight excluding hydrogens is 248 g/mol. The van der Waals surface area contributed by atoms with E-state index in [-0.39, 0.29) is 17.3 Å². The van der Waals surface area contributed by atoms with Crippen molar-refractivity contribution in [1.29, 1.82) is 0 Å². The summed E-state index contributed by atoms with van der Waals surface area (Å²) in [5, 5.41) is 0.185. The third-order valence-electron chi connectivity index (χ3n) is 2.12. The number of hydrogen-bond donors (Lipinski definition) is 0. The molecule has 0 saturated carbocycles. The maximum atomic E-state index is 13.3. The first kappa shape index (κ1) is 11.8. The summed E-state index contributed by atoms with van der Waals surface area (Å²) in [6.45, 7) is -0.102. The molecule has 0 saturated heterocycles. The maximum Gasteiger partial charge on any atom is 0.171 e. The van der Waals surface area contributed by atoms with Crippen LogP contribution in [0, 0.1) is 11.6 Å². The van der Waals surface area contributed by atoms with E-state index in [1.165, 1.54) is 6.20 Å². The first-order valence-electron chi connectivity index (χ1n) is 4.84. The Balaban J connectivity index is 2.12. The number of ether oxygens (including phenoxy) is 1. The van der Waals surface area contributed by atoms with Crippen molar-refractivity contribution < 1.29 is 13.5 Å². The van der Waals surface area contributed by atoms with Crippen LogP contribution in [0.25, 0.3) is 0 Å². The summed E-state index contributed by atoms with van der Waals surface area (Å²) < 4.78 is 31.4. The Morgan fingerprint density at radius 1 is 1.24 bits per heavy atom. The van der Waals surface area contributed by atoms with Crippen LogP contribution in [0.2, 0.25) is 5.15 Å². The van der Waals surface area contributed by atoms with Gasteiger partial charge in [-0.2, -0.15) is 0 Å². The van der Waals surface area contributed by atoms with Gasteiger partial charge in [-0.1, -0.05) is 11.6 Å². The molecule has 1 aromatic carbocycles. The minimum Gasteiger partial charge on any atom is -0.486 e. The number of aromatic nitrogens is 1. The van der Waals surface area contributed by atoms with Crippen molar-refractivity contribution in [2.45, 2.75) is 6.61 Å². The molecule has 0 N–H and O–H groups in total. The predicted molar refractivity (Wildman–Crippen MR) is 59.9 cm³/mol. The van der Waals surface area contributed by atoms with Crippen LogP contribution in [0.15, 0.2) is 36.5 Å². The molecule has 0 aliphatic rings. The number of hydrogen-bond acceptors (Lipinski definition) is 2. The van der Waals surface area contributed by atoms with Crippen LogP contribution in [-0.4, -0.2) is 4.98 Å². The van der Waals surface area contributed by atoms with Crippen molar-refractivity contribution in [2.75, 3.05) is 0 Å². The molecule has 0 aliphatic carbocycles. The lowest BCUT2D eigenvalue weighted by molar-refractivity contribution is 0.298. The Labute approximate surface area is 102 Å². The van der Waals surface area contributed by atoms with E-state index in [0.29, 0.717) is 5.75 Å². The summed E-state index contributed by atoms with van der Waals surface area (Å²) in [6, 6.07) is 6.43. The second-order valence-corrected chi connectivity index (χ2v) is 3.67. The lowest BCUT2D eigenvalue weighted by Gasteiger charge is -2.07. The zero-order chi connectivity index (χ0) is 12.3. The predicted octanol–water partition coefficient (Wildman–Crippen LogP) is 3.59. The molecule has 2 rings (SSSR count). The van der Waals surface area contributed by atoms with Gasteiger partial charge in [-0.25, -0.2) is 13.8 Å². The molecule has 17 heavy (non-hydrogen) atoms. The number of rotatable bonds is 3. The third kappa shape index (κ3) is 2.91.